The molecule has 78 valence electrons. The third-order valence-corrected chi connectivity index (χ3v) is 4.47. The van der Waals surface area contributed by atoms with Crippen LogP contribution in [0.1, 0.15) is 24.1 Å². The fourth-order valence-corrected chi connectivity index (χ4v) is 2.94. The summed E-state index contributed by atoms with van der Waals surface area (Å²) in [4.78, 5) is 1.46. The van der Waals surface area contributed by atoms with Gasteiger partial charge in [-0.15, -0.1) is 22.9 Å². The minimum absolute atomic E-state index is 0.277. The molecule has 1 aromatic heterocycles. The highest BCUT2D eigenvalue weighted by Crippen LogP contribution is 2.32. The van der Waals surface area contributed by atoms with Crippen LogP contribution in [0.5, 0.6) is 0 Å². The lowest BCUT2D eigenvalue weighted by molar-refractivity contribution is 0.215. The van der Waals surface area contributed by atoms with Gasteiger partial charge in [0, 0.05) is 22.8 Å². The van der Waals surface area contributed by atoms with Gasteiger partial charge >= 0.3 is 0 Å². The van der Waals surface area contributed by atoms with Gasteiger partial charge in [-0.05, 0) is 37.1 Å². The number of thiophene rings is 1. The first-order chi connectivity index (χ1) is 6.85. The lowest BCUT2D eigenvalue weighted by atomic mass is 9.78. The molecular formula is C11H16ClNS. The maximum atomic E-state index is 5.96. The lowest BCUT2D eigenvalue weighted by Gasteiger charge is -2.41. The molecule has 2 rings (SSSR count). The van der Waals surface area contributed by atoms with Gasteiger partial charge in [-0.1, -0.05) is 6.07 Å². The Morgan fingerprint density at radius 1 is 1.50 bits per heavy atom. The van der Waals surface area contributed by atoms with E-state index in [1.54, 1.807) is 0 Å². The van der Waals surface area contributed by atoms with Crippen LogP contribution in [0.4, 0.5) is 0 Å². The van der Waals surface area contributed by atoms with Crippen LogP contribution in [0.3, 0.4) is 0 Å². The second kappa shape index (κ2) is 4.65. The first-order valence-corrected chi connectivity index (χ1v) is 6.59. The second-order valence-electron chi connectivity index (χ2n) is 4.02. The van der Waals surface area contributed by atoms with Crippen molar-refractivity contribution in [3.8, 4) is 0 Å². The summed E-state index contributed by atoms with van der Waals surface area (Å²) < 4.78 is 0. The van der Waals surface area contributed by atoms with Gasteiger partial charge in [-0.25, -0.2) is 0 Å². The molecular weight excluding hydrogens is 214 g/mol. The zero-order valence-corrected chi connectivity index (χ0v) is 9.83. The van der Waals surface area contributed by atoms with E-state index in [-0.39, 0.29) is 5.54 Å². The summed E-state index contributed by atoms with van der Waals surface area (Å²) in [6, 6.07) is 4.31. The van der Waals surface area contributed by atoms with Gasteiger partial charge in [0.15, 0.2) is 0 Å². The van der Waals surface area contributed by atoms with E-state index in [1.165, 1.54) is 24.1 Å². The normalized spacial score (nSPS) is 19.2. The topological polar surface area (TPSA) is 12.0 Å². The summed E-state index contributed by atoms with van der Waals surface area (Å²) in [5.74, 6) is 0.761. The smallest absolute Gasteiger partial charge is 0.0406 e. The van der Waals surface area contributed by atoms with Gasteiger partial charge in [0.2, 0.25) is 0 Å². The van der Waals surface area contributed by atoms with Crippen molar-refractivity contribution < 1.29 is 0 Å². The maximum Gasteiger partial charge on any atom is 0.0406 e. The molecule has 0 saturated heterocycles. The fraction of sp³-hybridized carbons (Fsp3) is 0.636. The molecule has 3 heteroatoms. The molecule has 0 unspecified atom stereocenters. The SMILES string of the molecule is ClCC1(NCCc2cccs2)CCC1. The molecule has 0 spiro atoms. The monoisotopic (exact) mass is 229 g/mol. The predicted molar refractivity (Wildman–Crippen MR) is 63.3 cm³/mol. The average molecular weight is 230 g/mol. The quantitative estimate of drug-likeness (QED) is 0.766. The first kappa shape index (κ1) is 10.5. The molecule has 1 nitrogen and oxygen atoms in total. The molecule has 14 heavy (non-hydrogen) atoms. The Morgan fingerprint density at radius 2 is 2.36 bits per heavy atom. The van der Waals surface area contributed by atoms with E-state index in [9.17, 15) is 0 Å². The summed E-state index contributed by atoms with van der Waals surface area (Å²) in [6.45, 7) is 1.06. The Morgan fingerprint density at radius 3 is 2.86 bits per heavy atom. The van der Waals surface area contributed by atoms with Gasteiger partial charge in [0.25, 0.3) is 0 Å². The van der Waals surface area contributed by atoms with Crippen LogP contribution in [-0.2, 0) is 6.42 Å². The van der Waals surface area contributed by atoms with Crippen molar-refractivity contribution in [1.82, 2.24) is 5.32 Å². The molecule has 0 radical (unpaired) electrons. The van der Waals surface area contributed by atoms with E-state index in [0.29, 0.717) is 0 Å². The Hall–Kier alpha value is -0.0500. The van der Waals surface area contributed by atoms with Gasteiger partial charge in [0.1, 0.15) is 0 Å². The summed E-state index contributed by atoms with van der Waals surface area (Å²) in [5.41, 5.74) is 0.277. The zero-order valence-electron chi connectivity index (χ0n) is 8.26. The van der Waals surface area contributed by atoms with E-state index in [4.69, 9.17) is 11.6 Å². The minimum Gasteiger partial charge on any atom is -0.310 e. The molecule has 1 aliphatic rings. The van der Waals surface area contributed by atoms with E-state index in [0.717, 1.165) is 18.8 Å². The largest absolute Gasteiger partial charge is 0.310 e. The average Bonchev–Trinajstić information content (AvgIpc) is 2.62. The van der Waals surface area contributed by atoms with E-state index < -0.39 is 0 Å². The van der Waals surface area contributed by atoms with Crippen LogP contribution in [0, 0.1) is 0 Å². The number of halogens is 1. The van der Waals surface area contributed by atoms with Crippen molar-refractivity contribution in [2.75, 3.05) is 12.4 Å². The molecule has 1 saturated carbocycles. The molecule has 1 aromatic rings. The van der Waals surface area contributed by atoms with Crippen LogP contribution in [0.15, 0.2) is 17.5 Å². The molecule has 0 aromatic carbocycles. The number of nitrogens with one attached hydrogen (secondary N) is 1. The highest BCUT2D eigenvalue weighted by Gasteiger charge is 2.34. The zero-order chi connectivity index (χ0) is 9.86. The summed E-state index contributed by atoms with van der Waals surface area (Å²) in [5, 5.41) is 5.73. The van der Waals surface area contributed by atoms with Gasteiger partial charge < -0.3 is 5.32 Å². The van der Waals surface area contributed by atoms with Crippen molar-refractivity contribution in [1.29, 1.82) is 0 Å². The van der Waals surface area contributed by atoms with Crippen molar-refractivity contribution in [2.45, 2.75) is 31.2 Å². The first-order valence-electron chi connectivity index (χ1n) is 5.18. The van der Waals surface area contributed by atoms with E-state index in [1.807, 2.05) is 11.3 Å². The maximum absolute atomic E-state index is 5.96. The van der Waals surface area contributed by atoms with Gasteiger partial charge in [0.05, 0.1) is 0 Å². The number of hydrogen-bond donors (Lipinski definition) is 1. The number of alkyl halides is 1. The fourth-order valence-electron chi connectivity index (χ4n) is 1.87. The Labute approximate surface area is 94.5 Å². The van der Waals surface area contributed by atoms with Gasteiger partial charge in [-0.3, -0.25) is 0 Å². The van der Waals surface area contributed by atoms with E-state index in [2.05, 4.69) is 22.8 Å². The molecule has 1 aliphatic carbocycles. The van der Waals surface area contributed by atoms with Crippen LogP contribution in [-0.4, -0.2) is 18.0 Å². The number of hydrogen-bond acceptors (Lipinski definition) is 2. The third-order valence-electron chi connectivity index (χ3n) is 3.02. The highest BCUT2D eigenvalue weighted by atomic mass is 35.5. The summed E-state index contributed by atoms with van der Waals surface area (Å²) >= 11 is 7.79. The Kier molecular flexibility index (Phi) is 3.47. The van der Waals surface area contributed by atoms with Crippen molar-refractivity contribution in [2.24, 2.45) is 0 Å². The summed E-state index contributed by atoms with van der Waals surface area (Å²) in [6.07, 6.45) is 4.97. The molecule has 0 atom stereocenters. The molecule has 0 amide bonds. The Bertz CT molecular complexity index is 261. The second-order valence-corrected chi connectivity index (χ2v) is 5.32. The highest BCUT2D eigenvalue weighted by molar-refractivity contribution is 7.09. The number of rotatable bonds is 5. The van der Waals surface area contributed by atoms with E-state index >= 15 is 0 Å². The molecule has 1 N–H and O–H groups in total. The Balaban J connectivity index is 1.72. The predicted octanol–water partition coefficient (Wildman–Crippen LogP) is 3.04. The minimum atomic E-state index is 0.277. The van der Waals surface area contributed by atoms with Crippen molar-refractivity contribution in [3.63, 3.8) is 0 Å². The molecule has 1 heterocycles. The standard InChI is InChI=1S/C11H16ClNS/c12-9-11(5-2-6-11)13-7-4-10-3-1-8-14-10/h1,3,8,13H,2,4-7,9H2. The summed E-state index contributed by atoms with van der Waals surface area (Å²) in [7, 11) is 0. The van der Waals surface area contributed by atoms with Crippen molar-refractivity contribution in [3.05, 3.63) is 22.4 Å². The van der Waals surface area contributed by atoms with Crippen LogP contribution < -0.4 is 5.32 Å². The molecule has 1 fully saturated rings. The van der Waals surface area contributed by atoms with Gasteiger partial charge in [-0.2, -0.15) is 0 Å². The van der Waals surface area contributed by atoms with Crippen LogP contribution >= 0.6 is 22.9 Å². The van der Waals surface area contributed by atoms with Crippen LogP contribution in [0.25, 0.3) is 0 Å². The lowest BCUT2D eigenvalue weighted by Crippen LogP contribution is -2.53. The van der Waals surface area contributed by atoms with Crippen LogP contribution in [0.2, 0.25) is 0 Å². The molecule has 0 bridgehead atoms. The molecule has 0 aliphatic heterocycles. The third kappa shape index (κ3) is 2.30. The van der Waals surface area contributed by atoms with Crippen molar-refractivity contribution >= 4 is 22.9 Å².